The van der Waals surface area contributed by atoms with Crippen LogP contribution in [0.4, 0.5) is 0 Å². The number of hydrogen-bond donors (Lipinski definition) is 2. The van der Waals surface area contributed by atoms with Crippen LogP contribution in [0.2, 0.25) is 0 Å². The second-order valence-electron chi connectivity index (χ2n) is 19.6. The summed E-state index contributed by atoms with van der Waals surface area (Å²) in [6, 6.07) is 0. The number of rotatable bonds is 13. The van der Waals surface area contributed by atoms with E-state index in [0.717, 1.165) is 44.4 Å². The number of ether oxygens (including phenoxy) is 2. The van der Waals surface area contributed by atoms with Gasteiger partial charge in [-0.2, -0.15) is 0 Å². The minimum absolute atomic E-state index is 0.0297. The summed E-state index contributed by atoms with van der Waals surface area (Å²) in [6.07, 6.45) is 15.2. The van der Waals surface area contributed by atoms with Crippen LogP contribution in [-0.4, -0.2) is 50.0 Å². The minimum atomic E-state index is -0.868. The predicted molar refractivity (Wildman–Crippen MR) is 193 cm³/mol. The maximum Gasteiger partial charge on any atom is 0.306 e. The number of carbonyl (C=O) groups excluding carboxylic acids is 1. The van der Waals surface area contributed by atoms with E-state index in [1.165, 1.54) is 69.8 Å². The predicted octanol–water partition coefficient (Wildman–Crippen LogP) is 9.46. The van der Waals surface area contributed by atoms with Gasteiger partial charge in [-0.25, -0.2) is 0 Å². The molecule has 6 nitrogen and oxygen atoms in total. The Morgan fingerprint density at radius 1 is 0.875 bits per heavy atom. The van der Waals surface area contributed by atoms with Gasteiger partial charge in [-0.15, -0.1) is 0 Å². The zero-order valence-corrected chi connectivity index (χ0v) is 32.3. The molecule has 5 aliphatic carbocycles. The lowest BCUT2D eigenvalue weighted by atomic mass is 9.32. The lowest BCUT2D eigenvalue weighted by Gasteiger charge is -2.73. The SMILES string of the molecule is C=C(C)[C@@H]1CC[C@]2(CCCNCCOC)CC[C@]3(C)[C@H](CC[C@@H]4[C@@]5(C)CC[C@H](OC(=O)CC(C)(C)CC(=O)O)C(C)(C)[C@@H]5CC[C@]43C)[C@@H]12. The second kappa shape index (κ2) is 13.6. The van der Waals surface area contributed by atoms with Crippen molar-refractivity contribution in [2.24, 2.45) is 62.1 Å². The van der Waals surface area contributed by atoms with Crippen molar-refractivity contribution in [3.05, 3.63) is 12.2 Å². The Morgan fingerprint density at radius 2 is 1.60 bits per heavy atom. The largest absolute Gasteiger partial charge is 0.481 e. The maximum absolute atomic E-state index is 13.2. The van der Waals surface area contributed by atoms with E-state index in [4.69, 9.17) is 9.47 Å². The third kappa shape index (κ3) is 6.46. The van der Waals surface area contributed by atoms with Crippen molar-refractivity contribution in [3.63, 3.8) is 0 Å². The molecule has 0 spiro atoms. The van der Waals surface area contributed by atoms with Crippen LogP contribution in [0.25, 0.3) is 0 Å². The van der Waals surface area contributed by atoms with Crippen LogP contribution in [0.5, 0.6) is 0 Å². The van der Waals surface area contributed by atoms with Gasteiger partial charge >= 0.3 is 11.9 Å². The molecule has 274 valence electrons. The van der Waals surface area contributed by atoms with Crippen molar-refractivity contribution in [1.29, 1.82) is 0 Å². The molecule has 5 fully saturated rings. The summed E-state index contributed by atoms with van der Waals surface area (Å²) in [4.78, 5) is 24.6. The Kier molecular flexibility index (Phi) is 10.7. The molecule has 5 aliphatic rings. The molecule has 0 unspecified atom stereocenters. The molecular weight excluding hydrogens is 598 g/mol. The number of nitrogens with one attached hydrogen (secondary N) is 1. The topological polar surface area (TPSA) is 84.9 Å². The molecule has 48 heavy (non-hydrogen) atoms. The van der Waals surface area contributed by atoms with E-state index in [2.05, 4.69) is 53.4 Å². The van der Waals surface area contributed by atoms with Gasteiger partial charge in [0.05, 0.1) is 19.4 Å². The summed E-state index contributed by atoms with van der Waals surface area (Å²) >= 11 is 0. The Labute approximate surface area is 293 Å². The first-order chi connectivity index (χ1) is 22.4. The zero-order chi connectivity index (χ0) is 35.3. The van der Waals surface area contributed by atoms with Crippen LogP contribution in [0.3, 0.4) is 0 Å². The summed E-state index contributed by atoms with van der Waals surface area (Å²) < 4.78 is 11.5. The first kappa shape index (κ1) is 37.8. The van der Waals surface area contributed by atoms with Crippen LogP contribution in [0, 0.1) is 62.1 Å². The molecule has 10 atom stereocenters. The van der Waals surface area contributed by atoms with Crippen molar-refractivity contribution in [3.8, 4) is 0 Å². The van der Waals surface area contributed by atoms with Gasteiger partial charge in [-0.1, -0.05) is 60.6 Å². The summed E-state index contributed by atoms with van der Waals surface area (Å²) in [7, 11) is 1.78. The number of fused-ring (bicyclic) bond motifs is 7. The highest BCUT2D eigenvalue weighted by molar-refractivity contribution is 5.73. The molecule has 0 amide bonds. The monoisotopic (exact) mass is 670 g/mol. The quantitative estimate of drug-likeness (QED) is 0.115. The van der Waals surface area contributed by atoms with E-state index in [9.17, 15) is 14.7 Å². The van der Waals surface area contributed by atoms with E-state index < -0.39 is 11.4 Å². The third-order valence-corrected chi connectivity index (χ3v) is 16.2. The number of carbonyl (C=O) groups is 2. The van der Waals surface area contributed by atoms with Crippen LogP contribution in [0.15, 0.2) is 12.2 Å². The van der Waals surface area contributed by atoms with Gasteiger partial charge in [-0.3, -0.25) is 9.59 Å². The molecule has 5 saturated carbocycles. The van der Waals surface area contributed by atoms with Gasteiger partial charge in [0.25, 0.3) is 0 Å². The van der Waals surface area contributed by atoms with Gasteiger partial charge in [0, 0.05) is 19.1 Å². The normalized spacial score (nSPS) is 41.8. The zero-order valence-electron chi connectivity index (χ0n) is 32.3. The van der Waals surface area contributed by atoms with Crippen molar-refractivity contribution >= 4 is 11.9 Å². The number of hydrogen-bond acceptors (Lipinski definition) is 5. The van der Waals surface area contributed by atoms with Gasteiger partial charge in [0.2, 0.25) is 0 Å². The standard InChI is InChI=1S/C42H71NO5/c1-28(2)29-14-20-42(17-11-23-43-24-25-47-10)22-21-40(8)30(36(29)42)12-13-32-39(7)18-16-33(38(5,6)31(39)15-19-41(32,40)9)48-35(46)27-37(3,4)26-34(44)45/h29-33,36,43H,1,11-27H2,2-10H3,(H,44,45)/t29-,30+,31-,32+,33-,36+,39-,40+,41+,42+/m0/s1. The van der Waals surface area contributed by atoms with Gasteiger partial charge < -0.3 is 19.9 Å². The Morgan fingerprint density at radius 3 is 2.27 bits per heavy atom. The Bertz CT molecular complexity index is 1210. The van der Waals surface area contributed by atoms with Crippen molar-refractivity contribution in [2.45, 2.75) is 151 Å². The molecule has 0 saturated heterocycles. The molecule has 5 rings (SSSR count). The van der Waals surface area contributed by atoms with E-state index in [1.54, 1.807) is 7.11 Å². The summed E-state index contributed by atoms with van der Waals surface area (Å²) in [5, 5.41) is 12.9. The summed E-state index contributed by atoms with van der Waals surface area (Å²) in [5.41, 5.74) is 2.01. The van der Waals surface area contributed by atoms with E-state index in [-0.39, 0.29) is 35.7 Å². The smallest absolute Gasteiger partial charge is 0.306 e. The third-order valence-electron chi connectivity index (χ3n) is 16.2. The van der Waals surface area contributed by atoms with Crippen molar-refractivity contribution in [2.75, 3.05) is 26.8 Å². The first-order valence-corrected chi connectivity index (χ1v) is 19.6. The average molecular weight is 670 g/mol. The number of carboxylic acids is 1. The number of allylic oxidation sites excluding steroid dienone is 1. The molecule has 2 N–H and O–H groups in total. The number of esters is 1. The van der Waals surface area contributed by atoms with Gasteiger partial charge in [0.1, 0.15) is 6.10 Å². The van der Waals surface area contributed by atoms with Crippen LogP contribution < -0.4 is 5.32 Å². The fraction of sp³-hybridized carbons (Fsp3) is 0.905. The van der Waals surface area contributed by atoms with Crippen molar-refractivity contribution in [1.82, 2.24) is 5.32 Å². The van der Waals surface area contributed by atoms with Gasteiger partial charge in [-0.05, 0) is 147 Å². The number of methoxy groups -OCH3 is 1. The molecular formula is C42H71NO5. The molecule has 6 heteroatoms. The minimum Gasteiger partial charge on any atom is -0.481 e. The highest BCUT2D eigenvalue weighted by Gasteiger charge is 2.71. The molecule has 0 aromatic heterocycles. The van der Waals surface area contributed by atoms with E-state index in [1.807, 2.05) is 13.8 Å². The molecule has 0 aliphatic heterocycles. The Balaban J connectivity index is 1.34. The first-order valence-electron chi connectivity index (χ1n) is 19.6. The number of carboxylic acid groups (broad SMARTS) is 1. The molecule has 0 aromatic rings. The summed E-state index contributed by atoms with van der Waals surface area (Å²) in [6.45, 7) is 26.2. The van der Waals surface area contributed by atoms with Crippen LogP contribution >= 0.6 is 0 Å². The fourth-order valence-corrected chi connectivity index (χ4v) is 13.8. The lowest BCUT2D eigenvalue weighted by Crippen LogP contribution is -2.66. The molecule has 0 bridgehead atoms. The Hall–Kier alpha value is -1.40. The highest BCUT2D eigenvalue weighted by atomic mass is 16.5. The highest BCUT2D eigenvalue weighted by Crippen LogP contribution is 2.78. The van der Waals surface area contributed by atoms with Crippen LogP contribution in [-0.2, 0) is 19.1 Å². The fourth-order valence-electron chi connectivity index (χ4n) is 13.8. The van der Waals surface area contributed by atoms with Crippen LogP contribution in [0.1, 0.15) is 145 Å². The number of aliphatic carboxylic acids is 1. The van der Waals surface area contributed by atoms with Crippen molar-refractivity contribution < 1.29 is 24.2 Å². The molecule has 0 aromatic carbocycles. The molecule has 0 heterocycles. The van der Waals surface area contributed by atoms with E-state index >= 15 is 0 Å². The maximum atomic E-state index is 13.2. The van der Waals surface area contributed by atoms with E-state index in [0.29, 0.717) is 34.0 Å². The second-order valence-corrected chi connectivity index (χ2v) is 19.6. The van der Waals surface area contributed by atoms with Gasteiger partial charge in [0.15, 0.2) is 0 Å². The lowest BCUT2D eigenvalue weighted by molar-refractivity contribution is -0.250. The summed E-state index contributed by atoms with van der Waals surface area (Å²) in [5.74, 6) is 2.26. The average Bonchev–Trinajstić information content (AvgIpc) is 3.36. The molecule has 0 radical (unpaired) electrons.